The number of aryl methyl sites for hydroxylation is 1. The molecular formula is C19H28N6O3. The van der Waals surface area contributed by atoms with Crippen LogP contribution in [-0.2, 0) is 4.74 Å². The number of nitrogens with one attached hydrogen (secondary N) is 1. The minimum absolute atomic E-state index is 0.0551. The highest BCUT2D eigenvalue weighted by Gasteiger charge is 2.29. The summed E-state index contributed by atoms with van der Waals surface area (Å²) in [7, 11) is 0. The maximum Gasteiger partial charge on any atom is 0.410 e. The highest BCUT2D eigenvalue weighted by molar-refractivity contribution is 5.74. The SMILES string of the molecule is CCNc1nc(C)c2ncc(=O)n(C3CCN(C(=O)OC(C)(C)C)CC3)c2n1. The van der Waals surface area contributed by atoms with Crippen LogP contribution in [0.25, 0.3) is 11.2 Å². The Morgan fingerprint density at radius 2 is 1.96 bits per heavy atom. The second-order valence-corrected chi connectivity index (χ2v) is 8.00. The lowest BCUT2D eigenvalue weighted by Gasteiger charge is -2.34. The Morgan fingerprint density at radius 1 is 1.29 bits per heavy atom. The van der Waals surface area contributed by atoms with Crippen LogP contribution in [0.4, 0.5) is 10.7 Å². The number of piperidine rings is 1. The molecule has 0 aliphatic carbocycles. The molecule has 152 valence electrons. The van der Waals surface area contributed by atoms with Crippen LogP contribution in [0.3, 0.4) is 0 Å². The van der Waals surface area contributed by atoms with E-state index in [1.54, 1.807) is 9.47 Å². The minimum atomic E-state index is -0.525. The van der Waals surface area contributed by atoms with Gasteiger partial charge in [0.15, 0.2) is 5.65 Å². The number of likely N-dealkylation sites (tertiary alicyclic amines) is 1. The summed E-state index contributed by atoms with van der Waals surface area (Å²) in [5.74, 6) is 0.486. The molecule has 2 aromatic rings. The molecule has 28 heavy (non-hydrogen) atoms. The van der Waals surface area contributed by atoms with Crippen molar-refractivity contribution in [1.82, 2.24) is 24.4 Å². The molecule has 2 aromatic heterocycles. The number of anilines is 1. The molecule has 0 bridgehead atoms. The fraction of sp³-hybridized carbons (Fsp3) is 0.632. The number of aromatic nitrogens is 4. The zero-order chi connectivity index (χ0) is 20.5. The predicted molar refractivity (Wildman–Crippen MR) is 107 cm³/mol. The Balaban J connectivity index is 1.87. The molecule has 3 rings (SSSR count). The maximum absolute atomic E-state index is 12.6. The first kappa shape index (κ1) is 20.0. The van der Waals surface area contributed by atoms with Crippen molar-refractivity contribution in [1.29, 1.82) is 0 Å². The first-order chi connectivity index (χ1) is 13.2. The second kappa shape index (κ2) is 7.73. The molecule has 1 aliphatic rings. The second-order valence-electron chi connectivity index (χ2n) is 8.00. The van der Waals surface area contributed by atoms with Crippen LogP contribution in [0, 0.1) is 6.92 Å². The molecule has 0 atom stereocenters. The number of ether oxygens (including phenoxy) is 1. The first-order valence-electron chi connectivity index (χ1n) is 9.67. The van der Waals surface area contributed by atoms with E-state index in [-0.39, 0.29) is 17.7 Å². The van der Waals surface area contributed by atoms with Crippen molar-refractivity contribution in [3.05, 3.63) is 22.2 Å². The smallest absolute Gasteiger partial charge is 0.410 e. The molecule has 0 spiro atoms. The third-order valence-corrected chi connectivity index (χ3v) is 4.63. The number of fused-ring (bicyclic) bond motifs is 1. The Morgan fingerprint density at radius 3 is 2.57 bits per heavy atom. The van der Waals surface area contributed by atoms with Crippen molar-refractivity contribution in [3.63, 3.8) is 0 Å². The van der Waals surface area contributed by atoms with Gasteiger partial charge in [0, 0.05) is 25.7 Å². The Kier molecular flexibility index (Phi) is 5.53. The summed E-state index contributed by atoms with van der Waals surface area (Å²) >= 11 is 0. The van der Waals surface area contributed by atoms with E-state index in [0.29, 0.717) is 49.6 Å². The number of hydrogen-bond donors (Lipinski definition) is 1. The molecular weight excluding hydrogens is 360 g/mol. The van der Waals surface area contributed by atoms with Gasteiger partial charge in [-0.1, -0.05) is 0 Å². The van der Waals surface area contributed by atoms with Gasteiger partial charge in [-0.3, -0.25) is 9.36 Å². The van der Waals surface area contributed by atoms with Gasteiger partial charge in [0.1, 0.15) is 11.1 Å². The predicted octanol–water partition coefficient (Wildman–Crippen LogP) is 2.50. The molecule has 0 unspecified atom stereocenters. The third kappa shape index (κ3) is 4.23. The number of carbonyl (C=O) groups is 1. The van der Waals surface area contributed by atoms with Crippen LogP contribution in [0.1, 0.15) is 52.3 Å². The van der Waals surface area contributed by atoms with Gasteiger partial charge in [-0.25, -0.2) is 14.8 Å². The van der Waals surface area contributed by atoms with E-state index >= 15 is 0 Å². The lowest BCUT2D eigenvalue weighted by atomic mass is 10.0. The van der Waals surface area contributed by atoms with Gasteiger partial charge in [-0.05, 0) is 47.5 Å². The van der Waals surface area contributed by atoms with Crippen molar-refractivity contribution in [2.45, 2.75) is 59.1 Å². The average molecular weight is 388 g/mol. The third-order valence-electron chi connectivity index (χ3n) is 4.63. The van der Waals surface area contributed by atoms with Crippen molar-refractivity contribution in [3.8, 4) is 0 Å². The van der Waals surface area contributed by atoms with Gasteiger partial charge in [-0.2, -0.15) is 4.98 Å². The van der Waals surface area contributed by atoms with Gasteiger partial charge >= 0.3 is 6.09 Å². The number of amides is 1. The van der Waals surface area contributed by atoms with E-state index in [1.807, 2.05) is 34.6 Å². The zero-order valence-electron chi connectivity index (χ0n) is 17.2. The number of hydrogen-bond acceptors (Lipinski definition) is 7. The zero-order valence-corrected chi connectivity index (χ0v) is 17.2. The largest absolute Gasteiger partial charge is 0.444 e. The maximum atomic E-state index is 12.6. The van der Waals surface area contributed by atoms with Crippen molar-refractivity contribution in [2.24, 2.45) is 0 Å². The van der Waals surface area contributed by atoms with Gasteiger partial charge in [0.05, 0.1) is 11.9 Å². The normalized spacial score (nSPS) is 15.7. The summed E-state index contributed by atoms with van der Waals surface area (Å²) in [5, 5.41) is 3.10. The van der Waals surface area contributed by atoms with Crippen LogP contribution in [-0.4, -0.2) is 55.7 Å². The monoisotopic (exact) mass is 388 g/mol. The fourth-order valence-corrected chi connectivity index (χ4v) is 3.38. The highest BCUT2D eigenvalue weighted by atomic mass is 16.6. The molecule has 9 heteroatoms. The van der Waals surface area contributed by atoms with Crippen molar-refractivity contribution in [2.75, 3.05) is 25.0 Å². The molecule has 3 heterocycles. The van der Waals surface area contributed by atoms with Gasteiger partial charge < -0.3 is 15.0 Å². The van der Waals surface area contributed by atoms with E-state index in [1.165, 1.54) is 6.20 Å². The standard InChI is InChI=1S/C19H28N6O3/c1-6-20-17-22-12(2)15-16(23-17)25(14(26)11-21-15)13-7-9-24(10-8-13)18(27)28-19(3,4)5/h11,13H,6-10H2,1-5H3,(H,20,22,23). The van der Waals surface area contributed by atoms with Crippen LogP contribution >= 0.6 is 0 Å². The van der Waals surface area contributed by atoms with Crippen molar-refractivity contribution >= 4 is 23.2 Å². The van der Waals surface area contributed by atoms with Gasteiger partial charge in [-0.15, -0.1) is 0 Å². The molecule has 1 saturated heterocycles. The molecule has 1 aliphatic heterocycles. The van der Waals surface area contributed by atoms with Crippen LogP contribution in [0.5, 0.6) is 0 Å². The summed E-state index contributed by atoms with van der Waals surface area (Å²) in [6, 6.07) is -0.0551. The summed E-state index contributed by atoms with van der Waals surface area (Å²) in [4.78, 5) is 39.8. The van der Waals surface area contributed by atoms with E-state index in [4.69, 9.17) is 4.74 Å². The van der Waals surface area contributed by atoms with Gasteiger partial charge in [0.2, 0.25) is 5.95 Å². The lowest BCUT2D eigenvalue weighted by molar-refractivity contribution is 0.0188. The molecule has 1 fully saturated rings. The molecule has 0 aromatic carbocycles. The quantitative estimate of drug-likeness (QED) is 0.862. The fourth-order valence-electron chi connectivity index (χ4n) is 3.38. The molecule has 9 nitrogen and oxygen atoms in total. The Labute approximate surface area is 164 Å². The average Bonchev–Trinajstić information content (AvgIpc) is 2.60. The highest BCUT2D eigenvalue weighted by Crippen LogP contribution is 2.26. The lowest BCUT2D eigenvalue weighted by Crippen LogP contribution is -2.43. The van der Waals surface area contributed by atoms with Crippen LogP contribution in [0.15, 0.2) is 11.0 Å². The summed E-state index contributed by atoms with van der Waals surface area (Å²) in [6.07, 6.45) is 2.31. The van der Waals surface area contributed by atoms with Crippen LogP contribution < -0.4 is 10.9 Å². The first-order valence-corrected chi connectivity index (χ1v) is 9.67. The van der Waals surface area contributed by atoms with E-state index in [2.05, 4.69) is 20.3 Å². The van der Waals surface area contributed by atoms with E-state index < -0.39 is 5.60 Å². The topological polar surface area (TPSA) is 102 Å². The number of rotatable bonds is 3. The molecule has 0 saturated carbocycles. The Hall–Kier alpha value is -2.71. The van der Waals surface area contributed by atoms with E-state index in [9.17, 15) is 9.59 Å². The molecule has 0 radical (unpaired) electrons. The minimum Gasteiger partial charge on any atom is -0.444 e. The molecule has 1 amide bonds. The number of carbonyl (C=O) groups excluding carboxylic acids is 1. The molecule has 1 N–H and O–H groups in total. The summed E-state index contributed by atoms with van der Waals surface area (Å²) in [6.45, 7) is 11.1. The number of nitrogens with zero attached hydrogens (tertiary/aromatic N) is 5. The van der Waals surface area contributed by atoms with Crippen LogP contribution in [0.2, 0.25) is 0 Å². The Bertz CT molecular complexity index is 926. The summed E-state index contributed by atoms with van der Waals surface area (Å²) in [5.41, 5.74) is 1.16. The van der Waals surface area contributed by atoms with Gasteiger partial charge in [0.25, 0.3) is 5.56 Å². The summed E-state index contributed by atoms with van der Waals surface area (Å²) < 4.78 is 7.15. The van der Waals surface area contributed by atoms with E-state index in [0.717, 1.165) is 5.69 Å². The van der Waals surface area contributed by atoms with Crippen molar-refractivity contribution < 1.29 is 9.53 Å².